The van der Waals surface area contributed by atoms with Crippen LogP contribution in [-0.2, 0) is 6.54 Å². The molecule has 0 bridgehead atoms. The molecule has 0 saturated carbocycles. The van der Waals surface area contributed by atoms with Gasteiger partial charge in [0.05, 0.1) is 5.69 Å². The minimum Gasteiger partial charge on any atom is -0.311 e. The summed E-state index contributed by atoms with van der Waals surface area (Å²) in [5.41, 5.74) is 2.09. The van der Waals surface area contributed by atoms with Crippen LogP contribution in [0.5, 0.6) is 0 Å². The quantitative estimate of drug-likeness (QED) is 0.857. The van der Waals surface area contributed by atoms with E-state index in [9.17, 15) is 0 Å². The van der Waals surface area contributed by atoms with Gasteiger partial charge in [-0.1, -0.05) is 6.92 Å². The molecule has 0 aliphatic heterocycles. The molecular weight excluding hydrogens is 206 g/mol. The molecule has 0 aliphatic rings. The van der Waals surface area contributed by atoms with Crippen molar-refractivity contribution in [3.05, 3.63) is 34.9 Å². The van der Waals surface area contributed by atoms with E-state index < -0.39 is 0 Å². The Balaban J connectivity index is 2.14. The number of nitrogens with zero attached hydrogens (tertiary/aromatic N) is 2. The maximum Gasteiger partial charge on any atom is 0.107 e. The van der Waals surface area contributed by atoms with E-state index in [1.54, 1.807) is 17.5 Å². The molecule has 2 aromatic heterocycles. The Labute approximate surface area is 93.2 Å². The van der Waals surface area contributed by atoms with Crippen molar-refractivity contribution in [1.29, 1.82) is 0 Å². The Kier molecular flexibility index (Phi) is 3.42. The minimum absolute atomic E-state index is 0.849. The Bertz CT molecular complexity index is 411. The van der Waals surface area contributed by atoms with E-state index in [1.165, 1.54) is 0 Å². The largest absolute Gasteiger partial charge is 0.311 e. The predicted octanol–water partition coefficient (Wildman–Crippen LogP) is 2.31. The van der Waals surface area contributed by atoms with Crippen molar-refractivity contribution in [2.45, 2.75) is 13.5 Å². The maximum atomic E-state index is 4.53. The molecule has 78 valence electrons. The van der Waals surface area contributed by atoms with Gasteiger partial charge in [-0.05, 0) is 18.7 Å². The van der Waals surface area contributed by atoms with Crippen LogP contribution in [0.3, 0.4) is 0 Å². The first-order valence-corrected chi connectivity index (χ1v) is 5.83. The van der Waals surface area contributed by atoms with Crippen molar-refractivity contribution in [2.24, 2.45) is 0 Å². The van der Waals surface area contributed by atoms with E-state index in [1.807, 2.05) is 18.3 Å². The Morgan fingerprint density at radius 3 is 3.13 bits per heavy atom. The van der Waals surface area contributed by atoms with Crippen molar-refractivity contribution in [1.82, 2.24) is 15.3 Å². The highest BCUT2D eigenvalue weighted by Gasteiger charge is 2.03. The average Bonchev–Trinajstić information content (AvgIpc) is 2.76. The third-order valence-electron chi connectivity index (χ3n) is 2.04. The topological polar surface area (TPSA) is 37.8 Å². The molecule has 0 atom stereocenters. The van der Waals surface area contributed by atoms with Gasteiger partial charge >= 0.3 is 0 Å². The summed E-state index contributed by atoms with van der Waals surface area (Å²) >= 11 is 1.68. The summed E-state index contributed by atoms with van der Waals surface area (Å²) in [7, 11) is 0. The highest BCUT2D eigenvalue weighted by atomic mass is 32.1. The van der Waals surface area contributed by atoms with E-state index in [-0.39, 0.29) is 0 Å². The molecule has 0 fully saturated rings. The van der Waals surface area contributed by atoms with Gasteiger partial charge in [0.2, 0.25) is 0 Å². The SMILES string of the molecule is CCNCc1nc(-c2cccnc2)cs1. The van der Waals surface area contributed by atoms with Crippen LogP contribution < -0.4 is 5.32 Å². The number of rotatable bonds is 4. The fraction of sp³-hybridized carbons (Fsp3) is 0.273. The van der Waals surface area contributed by atoms with Crippen LogP contribution in [0, 0.1) is 0 Å². The molecule has 0 radical (unpaired) electrons. The van der Waals surface area contributed by atoms with Crippen molar-refractivity contribution in [3.63, 3.8) is 0 Å². The van der Waals surface area contributed by atoms with Gasteiger partial charge in [-0.15, -0.1) is 11.3 Å². The first-order valence-electron chi connectivity index (χ1n) is 4.95. The zero-order valence-electron chi connectivity index (χ0n) is 8.60. The predicted molar refractivity (Wildman–Crippen MR) is 62.7 cm³/mol. The normalized spacial score (nSPS) is 10.5. The second kappa shape index (κ2) is 5.00. The van der Waals surface area contributed by atoms with E-state index in [4.69, 9.17) is 0 Å². The van der Waals surface area contributed by atoms with Gasteiger partial charge in [0, 0.05) is 29.9 Å². The molecule has 2 rings (SSSR count). The van der Waals surface area contributed by atoms with Crippen LogP contribution >= 0.6 is 11.3 Å². The van der Waals surface area contributed by atoms with Crippen LogP contribution in [0.15, 0.2) is 29.9 Å². The molecule has 0 amide bonds. The molecule has 2 heterocycles. The zero-order chi connectivity index (χ0) is 10.5. The highest BCUT2D eigenvalue weighted by molar-refractivity contribution is 7.09. The van der Waals surface area contributed by atoms with Crippen molar-refractivity contribution in [3.8, 4) is 11.3 Å². The van der Waals surface area contributed by atoms with Gasteiger partial charge in [0.25, 0.3) is 0 Å². The summed E-state index contributed by atoms with van der Waals surface area (Å²) in [4.78, 5) is 8.62. The minimum atomic E-state index is 0.849. The van der Waals surface area contributed by atoms with Gasteiger partial charge in [0.15, 0.2) is 0 Å². The first-order chi connectivity index (χ1) is 7.40. The second-order valence-corrected chi connectivity index (χ2v) is 4.09. The molecule has 0 aliphatic carbocycles. The van der Waals surface area contributed by atoms with Crippen LogP contribution in [0.1, 0.15) is 11.9 Å². The molecule has 0 saturated heterocycles. The smallest absolute Gasteiger partial charge is 0.107 e. The molecule has 0 spiro atoms. The first kappa shape index (κ1) is 10.3. The van der Waals surface area contributed by atoms with E-state index in [0.717, 1.165) is 29.4 Å². The molecule has 0 aromatic carbocycles. The van der Waals surface area contributed by atoms with Gasteiger partial charge in [-0.25, -0.2) is 4.98 Å². The summed E-state index contributed by atoms with van der Waals surface area (Å²) < 4.78 is 0. The van der Waals surface area contributed by atoms with E-state index >= 15 is 0 Å². The molecular formula is C11H13N3S. The number of thiazole rings is 1. The second-order valence-electron chi connectivity index (χ2n) is 3.15. The van der Waals surface area contributed by atoms with Crippen molar-refractivity contribution in [2.75, 3.05) is 6.54 Å². The van der Waals surface area contributed by atoms with Crippen LogP contribution in [0.2, 0.25) is 0 Å². The molecule has 1 N–H and O–H groups in total. The third-order valence-corrected chi connectivity index (χ3v) is 2.88. The summed E-state index contributed by atoms with van der Waals surface area (Å²) in [6.07, 6.45) is 3.61. The average molecular weight is 219 g/mol. The lowest BCUT2D eigenvalue weighted by Crippen LogP contribution is -2.11. The number of hydrogen-bond donors (Lipinski definition) is 1. The fourth-order valence-corrected chi connectivity index (χ4v) is 2.04. The Morgan fingerprint density at radius 2 is 2.40 bits per heavy atom. The number of pyridine rings is 1. The third kappa shape index (κ3) is 2.61. The summed E-state index contributed by atoms with van der Waals surface area (Å²) in [5.74, 6) is 0. The number of nitrogens with one attached hydrogen (secondary N) is 1. The van der Waals surface area contributed by atoms with Crippen LogP contribution in [0.4, 0.5) is 0 Å². The monoisotopic (exact) mass is 219 g/mol. The van der Waals surface area contributed by atoms with E-state index in [0.29, 0.717) is 0 Å². The molecule has 2 aromatic rings. The summed E-state index contributed by atoms with van der Waals surface area (Å²) in [6.45, 7) is 3.92. The maximum absolute atomic E-state index is 4.53. The summed E-state index contributed by atoms with van der Waals surface area (Å²) in [6, 6.07) is 3.96. The zero-order valence-corrected chi connectivity index (χ0v) is 9.42. The molecule has 3 nitrogen and oxygen atoms in total. The van der Waals surface area contributed by atoms with Gasteiger partial charge in [-0.2, -0.15) is 0 Å². The highest BCUT2D eigenvalue weighted by Crippen LogP contribution is 2.20. The van der Waals surface area contributed by atoms with Gasteiger partial charge < -0.3 is 5.32 Å². The number of aromatic nitrogens is 2. The Hall–Kier alpha value is -1.26. The van der Waals surface area contributed by atoms with Crippen molar-refractivity contribution >= 4 is 11.3 Å². The van der Waals surface area contributed by atoms with Crippen molar-refractivity contribution < 1.29 is 0 Å². The lowest BCUT2D eigenvalue weighted by molar-refractivity contribution is 0.723. The van der Waals surface area contributed by atoms with Crippen LogP contribution in [0.25, 0.3) is 11.3 Å². The standard InChI is InChI=1S/C11H13N3S/c1-2-12-7-11-14-10(8-15-11)9-4-3-5-13-6-9/h3-6,8,12H,2,7H2,1H3. The lowest BCUT2D eigenvalue weighted by Gasteiger charge is -1.96. The lowest BCUT2D eigenvalue weighted by atomic mass is 10.2. The van der Waals surface area contributed by atoms with Gasteiger partial charge in [0.1, 0.15) is 5.01 Å². The summed E-state index contributed by atoms with van der Waals surface area (Å²) in [5, 5.41) is 6.46. The molecule has 15 heavy (non-hydrogen) atoms. The molecule has 0 unspecified atom stereocenters. The van der Waals surface area contributed by atoms with E-state index in [2.05, 4.69) is 27.6 Å². The molecule has 4 heteroatoms. The van der Waals surface area contributed by atoms with Gasteiger partial charge in [-0.3, -0.25) is 4.98 Å². The number of hydrogen-bond acceptors (Lipinski definition) is 4. The van der Waals surface area contributed by atoms with Crippen LogP contribution in [-0.4, -0.2) is 16.5 Å². The Morgan fingerprint density at radius 1 is 1.47 bits per heavy atom. The fourth-order valence-electron chi connectivity index (χ4n) is 1.27.